The van der Waals surface area contributed by atoms with Crippen molar-refractivity contribution < 1.29 is 0 Å². The largest absolute Gasteiger partial charge is 0.312 e. The first kappa shape index (κ1) is 14.3. The van der Waals surface area contributed by atoms with Crippen molar-refractivity contribution in [2.45, 2.75) is 26.8 Å². The molecule has 0 atom stereocenters. The lowest BCUT2D eigenvalue weighted by Gasteiger charge is -2.09. The van der Waals surface area contributed by atoms with Gasteiger partial charge in [-0.25, -0.2) is 0 Å². The van der Waals surface area contributed by atoms with Gasteiger partial charge in [-0.05, 0) is 61.2 Å². The third kappa shape index (κ3) is 3.69. The third-order valence-corrected chi connectivity index (χ3v) is 3.62. The van der Waals surface area contributed by atoms with E-state index in [0.29, 0.717) is 0 Å². The van der Waals surface area contributed by atoms with Crippen LogP contribution < -0.4 is 5.32 Å². The molecule has 2 heteroatoms. The normalized spacial score (nSPS) is 10.2. The molecule has 0 aliphatic heterocycles. The molecule has 2 aromatic rings. The number of nitrogens with one attached hydrogen (secondary N) is 1. The molecule has 0 aliphatic rings. The molecule has 102 valence electrons. The molecular formula is C18H20N2. The van der Waals surface area contributed by atoms with Gasteiger partial charge in [-0.1, -0.05) is 30.3 Å². The van der Waals surface area contributed by atoms with E-state index >= 15 is 0 Å². The molecule has 0 saturated heterocycles. The zero-order valence-electron chi connectivity index (χ0n) is 12.1. The van der Waals surface area contributed by atoms with Crippen LogP contribution >= 0.6 is 0 Å². The number of benzene rings is 2. The zero-order valence-corrected chi connectivity index (χ0v) is 12.1. The van der Waals surface area contributed by atoms with Crippen LogP contribution in [0.1, 0.15) is 27.8 Å². The van der Waals surface area contributed by atoms with Crippen molar-refractivity contribution in [2.24, 2.45) is 0 Å². The van der Waals surface area contributed by atoms with Crippen molar-refractivity contribution in [2.75, 3.05) is 6.54 Å². The van der Waals surface area contributed by atoms with E-state index in [-0.39, 0.29) is 0 Å². The second-order valence-electron chi connectivity index (χ2n) is 5.11. The van der Waals surface area contributed by atoms with Crippen molar-refractivity contribution in [3.8, 4) is 6.07 Å². The second kappa shape index (κ2) is 6.88. The molecule has 0 spiro atoms. The van der Waals surface area contributed by atoms with Crippen LogP contribution in [0.25, 0.3) is 0 Å². The van der Waals surface area contributed by atoms with E-state index in [1.54, 1.807) is 0 Å². The van der Waals surface area contributed by atoms with Gasteiger partial charge >= 0.3 is 0 Å². The minimum atomic E-state index is 0.728. The number of aryl methyl sites for hydroxylation is 2. The highest BCUT2D eigenvalue weighted by Crippen LogP contribution is 2.11. The van der Waals surface area contributed by atoms with Gasteiger partial charge in [0.1, 0.15) is 0 Å². The Kier molecular flexibility index (Phi) is 4.92. The number of hydrogen-bond acceptors (Lipinski definition) is 2. The Morgan fingerprint density at radius 3 is 2.50 bits per heavy atom. The van der Waals surface area contributed by atoms with Gasteiger partial charge in [0, 0.05) is 6.54 Å². The fourth-order valence-corrected chi connectivity index (χ4v) is 2.30. The van der Waals surface area contributed by atoms with Gasteiger partial charge in [-0.15, -0.1) is 0 Å². The van der Waals surface area contributed by atoms with E-state index in [0.717, 1.165) is 25.1 Å². The van der Waals surface area contributed by atoms with Gasteiger partial charge < -0.3 is 5.32 Å². The maximum Gasteiger partial charge on any atom is 0.0991 e. The lowest BCUT2D eigenvalue weighted by atomic mass is 10.0. The molecule has 2 nitrogen and oxygen atoms in total. The summed E-state index contributed by atoms with van der Waals surface area (Å²) < 4.78 is 0. The standard InChI is InChI=1S/C18H20N2/c1-14-5-3-4-6-17(14)9-10-20-13-18-8-7-16(12-19)11-15(18)2/h3-8,11,20H,9-10,13H2,1-2H3. The van der Waals surface area contributed by atoms with E-state index in [9.17, 15) is 0 Å². The fourth-order valence-electron chi connectivity index (χ4n) is 2.30. The summed E-state index contributed by atoms with van der Waals surface area (Å²) >= 11 is 0. The van der Waals surface area contributed by atoms with Gasteiger partial charge in [-0.2, -0.15) is 5.26 Å². The minimum Gasteiger partial charge on any atom is -0.312 e. The molecule has 0 radical (unpaired) electrons. The van der Waals surface area contributed by atoms with Crippen molar-refractivity contribution in [3.05, 3.63) is 70.3 Å². The number of nitriles is 1. The summed E-state index contributed by atoms with van der Waals surface area (Å²) in [6, 6.07) is 16.5. The molecule has 0 amide bonds. The molecule has 0 saturated carbocycles. The minimum absolute atomic E-state index is 0.728. The summed E-state index contributed by atoms with van der Waals surface area (Å²) in [4.78, 5) is 0. The van der Waals surface area contributed by atoms with Gasteiger partial charge in [0.2, 0.25) is 0 Å². The molecule has 0 bridgehead atoms. The Labute approximate surface area is 121 Å². The summed E-state index contributed by atoms with van der Waals surface area (Å²) in [5.74, 6) is 0. The van der Waals surface area contributed by atoms with Crippen LogP contribution in [0.5, 0.6) is 0 Å². The number of rotatable bonds is 5. The molecule has 2 rings (SSSR count). The Bertz CT molecular complexity index is 624. The van der Waals surface area contributed by atoms with Gasteiger partial charge in [0.15, 0.2) is 0 Å². The van der Waals surface area contributed by atoms with Crippen molar-refractivity contribution in [1.29, 1.82) is 5.26 Å². The van der Waals surface area contributed by atoms with Crippen molar-refractivity contribution in [1.82, 2.24) is 5.32 Å². The average Bonchev–Trinajstić information content (AvgIpc) is 2.46. The maximum absolute atomic E-state index is 8.85. The molecule has 0 aliphatic carbocycles. The first-order valence-electron chi connectivity index (χ1n) is 6.95. The highest BCUT2D eigenvalue weighted by molar-refractivity contribution is 5.37. The lowest BCUT2D eigenvalue weighted by Crippen LogP contribution is -2.17. The topological polar surface area (TPSA) is 35.8 Å². The summed E-state index contributed by atoms with van der Waals surface area (Å²) in [5.41, 5.74) is 5.91. The SMILES string of the molecule is Cc1ccccc1CCNCc1ccc(C#N)cc1C. The molecule has 2 aromatic carbocycles. The Hall–Kier alpha value is -2.11. The highest BCUT2D eigenvalue weighted by Gasteiger charge is 2.00. The zero-order chi connectivity index (χ0) is 14.4. The van der Waals surface area contributed by atoms with E-state index < -0.39 is 0 Å². The monoisotopic (exact) mass is 264 g/mol. The molecule has 0 aromatic heterocycles. The van der Waals surface area contributed by atoms with Gasteiger partial charge in [0.25, 0.3) is 0 Å². The number of nitrogens with zero attached hydrogens (tertiary/aromatic N) is 1. The van der Waals surface area contributed by atoms with Gasteiger partial charge in [0.05, 0.1) is 11.6 Å². The van der Waals surface area contributed by atoms with Crippen LogP contribution in [-0.2, 0) is 13.0 Å². The fraction of sp³-hybridized carbons (Fsp3) is 0.278. The van der Waals surface area contributed by atoms with Crippen LogP contribution in [0.15, 0.2) is 42.5 Å². The smallest absolute Gasteiger partial charge is 0.0991 e. The summed E-state index contributed by atoms with van der Waals surface area (Å²) in [6.07, 6.45) is 1.04. The maximum atomic E-state index is 8.85. The summed E-state index contributed by atoms with van der Waals surface area (Å²) in [7, 11) is 0. The molecular weight excluding hydrogens is 244 g/mol. The second-order valence-corrected chi connectivity index (χ2v) is 5.11. The molecule has 0 fully saturated rings. The van der Waals surface area contributed by atoms with Gasteiger partial charge in [-0.3, -0.25) is 0 Å². The Morgan fingerprint density at radius 1 is 1.00 bits per heavy atom. The number of hydrogen-bond donors (Lipinski definition) is 1. The van der Waals surface area contributed by atoms with Crippen molar-refractivity contribution in [3.63, 3.8) is 0 Å². The summed E-state index contributed by atoms with van der Waals surface area (Å²) in [6.45, 7) is 6.02. The molecule has 20 heavy (non-hydrogen) atoms. The molecule has 0 heterocycles. The lowest BCUT2D eigenvalue weighted by molar-refractivity contribution is 0.683. The van der Waals surface area contributed by atoms with E-state index in [2.05, 4.69) is 49.5 Å². The van der Waals surface area contributed by atoms with E-state index in [1.165, 1.54) is 22.3 Å². The van der Waals surface area contributed by atoms with Crippen LogP contribution in [0.3, 0.4) is 0 Å². The van der Waals surface area contributed by atoms with Crippen LogP contribution in [-0.4, -0.2) is 6.54 Å². The van der Waals surface area contributed by atoms with Crippen LogP contribution in [0.2, 0.25) is 0 Å². The summed E-state index contributed by atoms with van der Waals surface area (Å²) in [5, 5.41) is 12.3. The Balaban J connectivity index is 1.85. The average molecular weight is 264 g/mol. The quantitative estimate of drug-likeness (QED) is 0.839. The first-order chi connectivity index (χ1) is 9.70. The Morgan fingerprint density at radius 2 is 1.80 bits per heavy atom. The predicted molar refractivity (Wildman–Crippen MR) is 82.5 cm³/mol. The van der Waals surface area contributed by atoms with E-state index in [1.807, 2.05) is 18.2 Å². The van der Waals surface area contributed by atoms with Crippen molar-refractivity contribution >= 4 is 0 Å². The van der Waals surface area contributed by atoms with Crippen LogP contribution in [0, 0.1) is 25.2 Å². The highest BCUT2D eigenvalue weighted by atomic mass is 14.8. The predicted octanol–water partition coefficient (Wildman–Crippen LogP) is 3.51. The first-order valence-corrected chi connectivity index (χ1v) is 6.95. The molecule has 1 N–H and O–H groups in total. The molecule has 0 unspecified atom stereocenters. The van der Waals surface area contributed by atoms with E-state index in [4.69, 9.17) is 5.26 Å². The third-order valence-electron chi connectivity index (χ3n) is 3.62. The van der Waals surface area contributed by atoms with Crippen LogP contribution in [0.4, 0.5) is 0 Å².